The number of carbonyl (C=O) groups excluding carboxylic acids is 2. The molecule has 0 aromatic heterocycles. The first-order valence-electron chi connectivity index (χ1n) is 8.48. The number of ether oxygens (including phenoxy) is 1. The number of allylic oxidation sites excluding steroid dienone is 1. The van der Waals surface area contributed by atoms with Gasteiger partial charge in [-0.1, -0.05) is 54.6 Å². The molecular formula is C23H19NO3. The molecule has 0 aliphatic heterocycles. The molecule has 3 aromatic rings. The molecule has 1 N–H and O–H groups in total. The van der Waals surface area contributed by atoms with Crippen molar-refractivity contribution in [1.82, 2.24) is 0 Å². The van der Waals surface area contributed by atoms with Gasteiger partial charge in [0.05, 0.1) is 12.7 Å². The number of rotatable bonds is 6. The zero-order valence-electron chi connectivity index (χ0n) is 14.9. The monoisotopic (exact) mass is 357 g/mol. The van der Waals surface area contributed by atoms with Crippen LogP contribution in [0.25, 0.3) is 11.1 Å². The average Bonchev–Trinajstić information content (AvgIpc) is 2.74. The number of nitrogens with one attached hydrogen (secondary N) is 1. The Morgan fingerprint density at radius 3 is 2.00 bits per heavy atom. The number of hydrogen-bond acceptors (Lipinski definition) is 4. The molecule has 0 atom stereocenters. The van der Waals surface area contributed by atoms with E-state index in [1.165, 1.54) is 13.2 Å². The van der Waals surface area contributed by atoms with Gasteiger partial charge in [0.2, 0.25) is 0 Å². The molecule has 4 heteroatoms. The highest BCUT2D eigenvalue weighted by molar-refractivity contribution is 6.04. The molecule has 3 aromatic carbocycles. The van der Waals surface area contributed by atoms with Crippen molar-refractivity contribution in [3.05, 3.63) is 102 Å². The van der Waals surface area contributed by atoms with Crippen LogP contribution >= 0.6 is 0 Å². The lowest BCUT2D eigenvalue weighted by atomic mass is 10.0. The van der Waals surface area contributed by atoms with E-state index in [-0.39, 0.29) is 11.8 Å². The van der Waals surface area contributed by atoms with Gasteiger partial charge in [-0.15, -0.1) is 0 Å². The predicted molar refractivity (Wildman–Crippen MR) is 107 cm³/mol. The zero-order chi connectivity index (χ0) is 19.1. The Morgan fingerprint density at radius 2 is 1.37 bits per heavy atom. The molecule has 0 fully saturated rings. The van der Waals surface area contributed by atoms with Crippen molar-refractivity contribution in [3.63, 3.8) is 0 Å². The van der Waals surface area contributed by atoms with Crippen molar-refractivity contribution in [2.24, 2.45) is 0 Å². The molecule has 0 saturated heterocycles. The standard InChI is InChI=1S/C23H19NO3/c1-27-23(26)20-11-13-21(14-12-20)24-16-15-22(25)19-9-7-18(8-10-19)17-5-3-2-4-6-17/h2-16,24H,1H3. The van der Waals surface area contributed by atoms with Gasteiger partial charge in [0, 0.05) is 23.5 Å². The predicted octanol–water partition coefficient (Wildman–Crippen LogP) is 4.95. The van der Waals surface area contributed by atoms with Gasteiger partial charge >= 0.3 is 5.97 Å². The number of methoxy groups -OCH3 is 1. The SMILES string of the molecule is COC(=O)c1ccc(NC=CC(=O)c2ccc(-c3ccccc3)cc2)cc1. The molecule has 0 aliphatic carbocycles. The summed E-state index contributed by atoms with van der Waals surface area (Å²) < 4.78 is 4.66. The summed E-state index contributed by atoms with van der Waals surface area (Å²) in [6.45, 7) is 0. The number of hydrogen-bond donors (Lipinski definition) is 1. The molecule has 0 bridgehead atoms. The minimum Gasteiger partial charge on any atom is -0.465 e. The quantitative estimate of drug-likeness (QED) is 0.385. The molecule has 134 valence electrons. The Balaban J connectivity index is 1.60. The highest BCUT2D eigenvalue weighted by Gasteiger charge is 2.04. The smallest absolute Gasteiger partial charge is 0.337 e. The fraction of sp³-hybridized carbons (Fsp3) is 0.0435. The van der Waals surface area contributed by atoms with E-state index in [0.29, 0.717) is 11.1 Å². The van der Waals surface area contributed by atoms with E-state index in [1.54, 1.807) is 30.5 Å². The maximum atomic E-state index is 12.3. The second-order valence-corrected chi connectivity index (χ2v) is 5.85. The van der Waals surface area contributed by atoms with Crippen LogP contribution in [0, 0.1) is 0 Å². The van der Waals surface area contributed by atoms with Crippen LogP contribution < -0.4 is 5.32 Å². The fourth-order valence-electron chi connectivity index (χ4n) is 2.59. The van der Waals surface area contributed by atoms with Crippen molar-refractivity contribution < 1.29 is 14.3 Å². The lowest BCUT2D eigenvalue weighted by molar-refractivity contribution is 0.0600. The molecule has 0 radical (unpaired) electrons. The average molecular weight is 357 g/mol. The minimum atomic E-state index is -0.383. The first kappa shape index (κ1) is 18.1. The van der Waals surface area contributed by atoms with Gasteiger partial charge in [0.25, 0.3) is 0 Å². The summed E-state index contributed by atoms with van der Waals surface area (Å²) in [5.41, 5.74) is 4.05. The molecule has 0 saturated carbocycles. The summed E-state index contributed by atoms with van der Waals surface area (Å²) in [4.78, 5) is 23.7. The van der Waals surface area contributed by atoms with Crippen molar-refractivity contribution >= 4 is 17.4 Å². The summed E-state index contributed by atoms with van der Waals surface area (Å²) in [5, 5.41) is 3.01. The largest absolute Gasteiger partial charge is 0.465 e. The van der Waals surface area contributed by atoms with Gasteiger partial charge in [-0.2, -0.15) is 0 Å². The zero-order valence-corrected chi connectivity index (χ0v) is 14.9. The van der Waals surface area contributed by atoms with E-state index in [4.69, 9.17) is 0 Å². The van der Waals surface area contributed by atoms with Gasteiger partial charge in [-0.3, -0.25) is 4.79 Å². The van der Waals surface area contributed by atoms with Crippen LogP contribution in [-0.2, 0) is 4.74 Å². The van der Waals surface area contributed by atoms with Gasteiger partial charge in [-0.25, -0.2) is 4.79 Å². The highest BCUT2D eigenvalue weighted by atomic mass is 16.5. The lowest BCUT2D eigenvalue weighted by Crippen LogP contribution is -2.01. The van der Waals surface area contributed by atoms with E-state index >= 15 is 0 Å². The maximum Gasteiger partial charge on any atom is 0.337 e. The van der Waals surface area contributed by atoms with Crippen molar-refractivity contribution in [2.45, 2.75) is 0 Å². The number of anilines is 1. The Morgan fingerprint density at radius 1 is 0.778 bits per heavy atom. The van der Waals surface area contributed by atoms with E-state index < -0.39 is 0 Å². The van der Waals surface area contributed by atoms with Gasteiger partial charge < -0.3 is 10.1 Å². The van der Waals surface area contributed by atoms with Crippen LogP contribution in [0.1, 0.15) is 20.7 Å². The first-order valence-corrected chi connectivity index (χ1v) is 8.48. The van der Waals surface area contributed by atoms with E-state index in [1.807, 2.05) is 54.6 Å². The Labute approximate surface area is 158 Å². The Bertz CT molecular complexity index is 943. The van der Waals surface area contributed by atoms with Crippen LogP contribution in [0.15, 0.2) is 91.1 Å². The van der Waals surface area contributed by atoms with Crippen molar-refractivity contribution in [1.29, 1.82) is 0 Å². The van der Waals surface area contributed by atoms with Crippen molar-refractivity contribution in [2.75, 3.05) is 12.4 Å². The van der Waals surface area contributed by atoms with Gasteiger partial charge in [-0.05, 0) is 35.4 Å². The fourth-order valence-corrected chi connectivity index (χ4v) is 2.59. The molecular weight excluding hydrogens is 338 g/mol. The van der Waals surface area contributed by atoms with E-state index in [2.05, 4.69) is 10.1 Å². The normalized spacial score (nSPS) is 10.6. The Hall–Kier alpha value is -3.66. The van der Waals surface area contributed by atoms with E-state index in [9.17, 15) is 9.59 Å². The summed E-state index contributed by atoms with van der Waals surface area (Å²) in [6, 6.07) is 24.3. The first-order chi connectivity index (χ1) is 13.2. The molecule has 0 amide bonds. The molecule has 0 unspecified atom stereocenters. The topological polar surface area (TPSA) is 55.4 Å². The Kier molecular flexibility index (Phi) is 5.80. The minimum absolute atomic E-state index is 0.0895. The third-order valence-electron chi connectivity index (χ3n) is 4.07. The molecule has 3 rings (SSSR count). The molecule has 0 heterocycles. The maximum absolute atomic E-state index is 12.3. The number of ketones is 1. The third-order valence-corrected chi connectivity index (χ3v) is 4.07. The summed E-state index contributed by atoms with van der Waals surface area (Å²) in [5.74, 6) is -0.473. The lowest BCUT2D eigenvalue weighted by Gasteiger charge is -2.03. The van der Waals surface area contributed by atoms with Crippen LogP contribution in [0.2, 0.25) is 0 Å². The van der Waals surface area contributed by atoms with Crippen molar-refractivity contribution in [3.8, 4) is 11.1 Å². The molecule has 4 nitrogen and oxygen atoms in total. The van der Waals surface area contributed by atoms with Gasteiger partial charge in [0.15, 0.2) is 5.78 Å². The number of carbonyl (C=O) groups is 2. The number of esters is 1. The summed E-state index contributed by atoms with van der Waals surface area (Å²) >= 11 is 0. The van der Waals surface area contributed by atoms with Crippen LogP contribution in [-0.4, -0.2) is 18.9 Å². The number of benzene rings is 3. The second kappa shape index (κ2) is 8.63. The van der Waals surface area contributed by atoms with Gasteiger partial charge in [0.1, 0.15) is 0 Å². The van der Waals surface area contributed by atoms with E-state index in [0.717, 1.165) is 16.8 Å². The van der Waals surface area contributed by atoms with Crippen LogP contribution in [0.4, 0.5) is 5.69 Å². The van der Waals surface area contributed by atoms with Crippen LogP contribution in [0.3, 0.4) is 0 Å². The molecule has 27 heavy (non-hydrogen) atoms. The van der Waals surface area contributed by atoms with Crippen LogP contribution in [0.5, 0.6) is 0 Å². The summed E-state index contributed by atoms with van der Waals surface area (Å²) in [6.07, 6.45) is 3.06. The highest BCUT2D eigenvalue weighted by Crippen LogP contribution is 2.19. The molecule has 0 spiro atoms. The third kappa shape index (κ3) is 4.70. The summed E-state index contributed by atoms with van der Waals surface area (Å²) in [7, 11) is 1.34. The second-order valence-electron chi connectivity index (χ2n) is 5.85. The molecule has 0 aliphatic rings.